The number of nitrogens with zero attached hydrogens (tertiary/aromatic N) is 4. The van der Waals surface area contributed by atoms with Gasteiger partial charge in [-0.1, -0.05) is 25.3 Å². The average Bonchev–Trinajstić information content (AvgIpc) is 2.79. The monoisotopic (exact) mass is 407 g/mol. The van der Waals surface area contributed by atoms with Gasteiger partial charge in [-0.15, -0.1) is 0 Å². The number of amides is 1. The third-order valence-corrected chi connectivity index (χ3v) is 6.57. The van der Waals surface area contributed by atoms with E-state index in [2.05, 4.69) is 20.2 Å². The predicted octanol–water partition coefficient (Wildman–Crippen LogP) is 3.87. The van der Waals surface area contributed by atoms with Crippen molar-refractivity contribution in [3.63, 3.8) is 0 Å². The van der Waals surface area contributed by atoms with Crippen molar-refractivity contribution in [1.29, 1.82) is 0 Å². The maximum Gasteiger partial charge on any atom is 0.254 e. The molecule has 1 aliphatic carbocycles. The van der Waals surface area contributed by atoms with E-state index in [0.29, 0.717) is 18.0 Å². The van der Waals surface area contributed by atoms with Crippen molar-refractivity contribution in [2.24, 2.45) is 5.92 Å². The summed E-state index contributed by atoms with van der Waals surface area (Å²) in [6, 6.07) is 3.84. The molecule has 0 bridgehead atoms. The molecule has 0 radical (unpaired) electrons. The van der Waals surface area contributed by atoms with Crippen LogP contribution in [0.2, 0.25) is 0 Å². The van der Waals surface area contributed by atoms with E-state index in [1.54, 1.807) is 18.6 Å². The van der Waals surface area contributed by atoms with Gasteiger partial charge < -0.3 is 10.2 Å². The second-order valence-corrected chi connectivity index (χ2v) is 8.84. The van der Waals surface area contributed by atoms with Gasteiger partial charge in [0.2, 0.25) is 0 Å². The molecule has 1 aliphatic heterocycles. The van der Waals surface area contributed by atoms with Crippen molar-refractivity contribution < 1.29 is 4.79 Å². The van der Waals surface area contributed by atoms with Crippen LogP contribution < -0.4 is 5.32 Å². The van der Waals surface area contributed by atoms with Crippen LogP contribution in [0, 0.1) is 12.8 Å². The number of rotatable bonds is 6. The molecule has 2 fully saturated rings. The highest BCUT2D eigenvalue weighted by molar-refractivity contribution is 5.95. The Bertz CT molecular complexity index is 827. The molecule has 0 spiro atoms. The first kappa shape index (κ1) is 20.9. The molecular formula is C24H33N5O. The fourth-order valence-electron chi connectivity index (χ4n) is 4.88. The molecule has 1 amide bonds. The molecule has 160 valence electrons. The molecule has 1 saturated heterocycles. The summed E-state index contributed by atoms with van der Waals surface area (Å²) in [5, 5.41) is 3.01. The molecule has 3 heterocycles. The summed E-state index contributed by atoms with van der Waals surface area (Å²) < 4.78 is 0. The molecule has 2 aromatic rings. The van der Waals surface area contributed by atoms with E-state index < -0.39 is 0 Å². The number of carbonyl (C=O) groups excluding carboxylic acids is 1. The molecule has 0 unspecified atom stereocenters. The summed E-state index contributed by atoms with van der Waals surface area (Å²) in [4.78, 5) is 28.7. The molecule has 6 nitrogen and oxygen atoms in total. The molecule has 1 saturated carbocycles. The van der Waals surface area contributed by atoms with E-state index in [4.69, 9.17) is 4.98 Å². The van der Waals surface area contributed by atoms with Crippen molar-refractivity contribution in [3.8, 4) is 0 Å². The van der Waals surface area contributed by atoms with Crippen molar-refractivity contribution >= 4 is 5.91 Å². The van der Waals surface area contributed by atoms with Crippen LogP contribution in [0.3, 0.4) is 0 Å². The minimum absolute atomic E-state index is 0.0986. The van der Waals surface area contributed by atoms with Gasteiger partial charge in [0, 0.05) is 37.6 Å². The lowest BCUT2D eigenvalue weighted by atomic mass is 9.87. The molecule has 0 aromatic carbocycles. The Labute approximate surface area is 179 Å². The second-order valence-electron chi connectivity index (χ2n) is 8.84. The normalized spacial score (nSPS) is 19.0. The maximum absolute atomic E-state index is 12.9. The van der Waals surface area contributed by atoms with Crippen molar-refractivity contribution in [2.45, 2.75) is 64.3 Å². The first-order chi connectivity index (χ1) is 14.7. The first-order valence-electron chi connectivity index (χ1n) is 11.4. The number of likely N-dealkylation sites (tertiary alicyclic amines) is 1. The van der Waals surface area contributed by atoms with Crippen LogP contribution in [0.5, 0.6) is 0 Å². The van der Waals surface area contributed by atoms with Gasteiger partial charge in [0.15, 0.2) is 0 Å². The Kier molecular flexibility index (Phi) is 7.05. The lowest BCUT2D eigenvalue weighted by molar-refractivity contribution is 0.0947. The molecule has 1 N–H and O–H groups in total. The third-order valence-electron chi connectivity index (χ3n) is 6.57. The van der Waals surface area contributed by atoms with Gasteiger partial charge in [0.1, 0.15) is 5.82 Å². The first-order valence-corrected chi connectivity index (χ1v) is 11.4. The molecule has 2 aliphatic rings. The van der Waals surface area contributed by atoms with Gasteiger partial charge in [-0.3, -0.25) is 9.78 Å². The fraction of sp³-hybridized carbons (Fsp3) is 0.583. The standard InChI is InChI=1S/C24H33N5O/c1-18-26-16-22(24(30)27-15-20-8-5-11-25-14-20)23(28-18)21-9-12-29(13-10-21)17-19-6-3-2-4-7-19/h5,8,11,14,16,19,21H,2-4,6-7,9-10,12-13,15,17H2,1H3,(H,27,30). The summed E-state index contributed by atoms with van der Waals surface area (Å²) in [6.07, 6.45) is 14.3. The molecular weight excluding hydrogens is 374 g/mol. The van der Waals surface area contributed by atoms with Crippen LogP contribution in [-0.2, 0) is 6.54 Å². The highest BCUT2D eigenvalue weighted by Gasteiger charge is 2.27. The van der Waals surface area contributed by atoms with Crippen LogP contribution in [-0.4, -0.2) is 45.4 Å². The lowest BCUT2D eigenvalue weighted by Crippen LogP contribution is -2.37. The Morgan fingerprint density at radius 3 is 2.67 bits per heavy atom. The minimum atomic E-state index is -0.0986. The largest absolute Gasteiger partial charge is 0.348 e. The van der Waals surface area contributed by atoms with Crippen LogP contribution in [0.4, 0.5) is 0 Å². The maximum atomic E-state index is 12.9. The number of aromatic nitrogens is 3. The van der Waals surface area contributed by atoms with Gasteiger partial charge in [0.05, 0.1) is 11.3 Å². The van der Waals surface area contributed by atoms with Gasteiger partial charge >= 0.3 is 0 Å². The Morgan fingerprint density at radius 2 is 1.93 bits per heavy atom. The smallest absolute Gasteiger partial charge is 0.254 e. The highest BCUT2D eigenvalue weighted by atomic mass is 16.1. The average molecular weight is 408 g/mol. The van der Waals surface area contributed by atoms with Crippen LogP contribution >= 0.6 is 0 Å². The van der Waals surface area contributed by atoms with Crippen LogP contribution in [0.25, 0.3) is 0 Å². The number of nitrogens with one attached hydrogen (secondary N) is 1. The number of hydrogen-bond acceptors (Lipinski definition) is 5. The Morgan fingerprint density at radius 1 is 1.13 bits per heavy atom. The van der Waals surface area contributed by atoms with E-state index in [0.717, 1.165) is 48.9 Å². The third kappa shape index (κ3) is 5.42. The van der Waals surface area contributed by atoms with Crippen molar-refractivity contribution in [1.82, 2.24) is 25.2 Å². The van der Waals surface area contributed by atoms with E-state index in [-0.39, 0.29) is 5.91 Å². The quantitative estimate of drug-likeness (QED) is 0.787. The van der Waals surface area contributed by atoms with E-state index in [1.165, 1.54) is 38.6 Å². The molecule has 30 heavy (non-hydrogen) atoms. The molecule has 0 atom stereocenters. The Balaban J connectivity index is 1.37. The zero-order chi connectivity index (χ0) is 20.8. The summed E-state index contributed by atoms with van der Waals surface area (Å²) in [7, 11) is 0. The second kappa shape index (κ2) is 10.1. The lowest BCUT2D eigenvalue weighted by Gasteiger charge is -2.35. The van der Waals surface area contributed by atoms with E-state index in [9.17, 15) is 4.79 Å². The summed E-state index contributed by atoms with van der Waals surface area (Å²) >= 11 is 0. The van der Waals surface area contributed by atoms with Gasteiger partial charge in [0.25, 0.3) is 5.91 Å². The van der Waals surface area contributed by atoms with Crippen LogP contribution in [0.15, 0.2) is 30.7 Å². The number of aryl methyl sites for hydroxylation is 1. The minimum Gasteiger partial charge on any atom is -0.348 e. The summed E-state index contributed by atoms with van der Waals surface area (Å²) in [5.74, 6) is 1.84. The molecule has 2 aromatic heterocycles. The highest BCUT2D eigenvalue weighted by Crippen LogP contribution is 2.31. The number of pyridine rings is 1. The summed E-state index contributed by atoms with van der Waals surface area (Å²) in [6.45, 7) is 5.80. The number of hydrogen-bond donors (Lipinski definition) is 1. The number of piperidine rings is 1. The SMILES string of the molecule is Cc1ncc(C(=O)NCc2cccnc2)c(C2CCN(CC3CCCCC3)CC2)n1. The topological polar surface area (TPSA) is 71.0 Å². The van der Waals surface area contributed by atoms with Crippen LogP contribution in [0.1, 0.15) is 78.3 Å². The predicted molar refractivity (Wildman–Crippen MR) is 117 cm³/mol. The van der Waals surface area contributed by atoms with E-state index >= 15 is 0 Å². The van der Waals surface area contributed by atoms with Gasteiger partial charge in [-0.2, -0.15) is 0 Å². The molecule has 4 rings (SSSR count). The zero-order valence-electron chi connectivity index (χ0n) is 18.0. The van der Waals surface area contributed by atoms with Gasteiger partial charge in [-0.05, 0) is 63.2 Å². The zero-order valence-corrected chi connectivity index (χ0v) is 18.0. The number of carbonyl (C=O) groups is 1. The van der Waals surface area contributed by atoms with Crippen molar-refractivity contribution in [3.05, 3.63) is 53.4 Å². The summed E-state index contributed by atoms with van der Waals surface area (Å²) in [5.41, 5.74) is 2.52. The fourth-order valence-corrected chi connectivity index (χ4v) is 4.88. The Hall–Kier alpha value is -2.34. The van der Waals surface area contributed by atoms with Gasteiger partial charge in [-0.25, -0.2) is 9.97 Å². The van der Waals surface area contributed by atoms with Crippen molar-refractivity contribution in [2.75, 3.05) is 19.6 Å². The molecule has 6 heteroatoms. The van der Waals surface area contributed by atoms with E-state index in [1.807, 2.05) is 19.1 Å².